The minimum absolute atomic E-state index is 0.956. The van der Waals surface area contributed by atoms with Crippen LogP contribution in [0.4, 0.5) is 0 Å². The lowest BCUT2D eigenvalue weighted by atomic mass is 9.85. The standard InChI is InChI=1S/C28H34/c1-2-3-4-6-11-25-13-16-27(17-14-25)20-23-28-21-18-26(19-22-28)15-12-24-9-7-5-8-10-24/h6,11,13-14,16-19,21-22,24H,2-5,7-10,12,15H2,1H3/b11-6+. The van der Waals surface area contributed by atoms with Gasteiger partial charge in [-0.15, -0.1) is 0 Å². The van der Waals surface area contributed by atoms with E-state index in [-0.39, 0.29) is 0 Å². The molecule has 0 bridgehead atoms. The summed E-state index contributed by atoms with van der Waals surface area (Å²) in [4.78, 5) is 0. The molecule has 1 fully saturated rings. The van der Waals surface area contributed by atoms with Gasteiger partial charge < -0.3 is 0 Å². The molecule has 0 saturated heterocycles. The van der Waals surface area contributed by atoms with Gasteiger partial charge in [-0.05, 0) is 60.6 Å². The summed E-state index contributed by atoms with van der Waals surface area (Å²) < 4.78 is 0. The molecule has 0 spiro atoms. The van der Waals surface area contributed by atoms with Gasteiger partial charge in [0.15, 0.2) is 0 Å². The first-order valence-electron chi connectivity index (χ1n) is 11.2. The van der Waals surface area contributed by atoms with Gasteiger partial charge in [-0.2, -0.15) is 0 Å². The third kappa shape index (κ3) is 7.05. The van der Waals surface area contributed by atoms with Crippen molar-refractivity contribution in [2.45, 2.75) is 71.1 Å². The van der Waals surface area contributed by atoms with Crippen molar-refractivity contribution < 1.29 is 0 Å². The zero-order valence-electron chi connectivity index (χ0n) is 17.4. The van der Waals surface area contributed by atoms with E-state index in [1.165, 1.54) is 68.9 Å². The molecule has 0 nitrogen and oxygen atoms in total. The first-order chi connectivity index (χ1) is 13.8. The van der Waals surface area contributed by atoms with Crippen molar-refractivity contribution in [3.05, 3.63) is 76.9 Å². The summed E-state index contributed by atoms with van der Waals surface area (Å²) in [5.41, 5.74) is 4.89. The molecule has 2 aromatic carbocycles. The van der Waals surface area contributed by atoms with Crippen molar-refractivity contribution >= 4 is 6.08 Å². The monoisotopic (exact) mass is 370 g/mol. The lowest BCUT2D eigenvalue weighted by Crippen LogP contribution is -2.07. The van der Waals surface area contributed by atoms with Gasteiger partial charge in [-0.3, -0.25) is 0 Å². The number of rotatable bonds is 7. The number of hydrogen-bond acceptors (Lipinski definition) is 0. The lowest BCUT2D eigenvalue weighted by molar-refractivity contribution is 0.339. The summed E-state index contributed by atoms with van der Waals surface area (Å²) in [6.45, 7) is 2.23. The minimum Gasteiger partial charge on any atom is -0.0839 e. The van der Waals surface area contributed by atoms with E-state index in [4.69, 9.17) is 0 Å². The molecular formula is C28H34. The minimum atomic E-state index is 0.956. The lowest BCUT2D eigenvalue weighted by Gasteiger charge is -2.21. The molecule has 0 radical (unpaired) electrons. The molecule has 3 rings (SSSR count). The molecule has 0 aliphatic heterocycles. The summed E-state index contributed by atoms with van der Waals surface area (Å²) in [5.74, 6) is 7.55. The highest BCUT2D eigenvalue weighted by atomic mass is 14.2. The second kappa shape index (κ2) is 11.6. The van der Waals surface area contributed by atoms with Gasteiger partial charge in [0, 0.05) is 11.1 Å². The predicted molar refractivity (Wildman–Crippen MR) is 122 cm³/mol. The summed E-state index contributed by atoms with van der Waals surface area (Å²) in [7, 11) is 0. The van der Waals surface area contributed by atoms with E-state index in [0.29, 0.717) is 0 Å². The molecule has 2 aromatic rings. The van der Waals surface area contributed by atoms with Crippen LogP contribution in [0.3, 0.4) is 0 Å². The van der Waals surface area contributed by atoms with E-state index in [1.807, 2.05) is 0 Å². The fourth-order valence-electron chi connectivity index (χ4n) is 3.96. The van der Waals surface area contributed by atoms with Crippen LogP contribution in [0.5, 0.6) is 0 Å². The Kier molecular flexibility index (Phi) is 8.45. The van der Waals surface area contributed by atoms with Crippen molar-refractivity contribution in [1.82, 2.24) is 0 Å². The van der Waals surface area contributed by atoms with E-state index in [1.54, 1.807) is 0 Å². The van der Waals surface area contributed by atoms with Gasteiger partial charge in [0.05, 0.1) is 0 Å². The smallest absolute Gasteiger partial charge is 0.0249 e. The van der Waals surface area contributed by atoms with E-state index in [9.17, 15) is 0 Å². The fourth-order valence-corrected chi connectivity index (χ4v) is 3.96. The van der Waals surface area contributed by atoms with Crippen molar-refractivity contribution in [2.24, 2.45) is 5.92 Å². The first-order valence-corrected chi connectivity index (χ1v) is 11.2. The summed E-state index contributed by atoms with van der Waals surface area (Å²) in [6.07, 6.45) is 17.9. The predicted octanol–water partition coefficient (Wildman–Crippen LogP) is 7.80. The maximum Gasteiger partial charge on any atom is 0.0249 e. The van der Waals surface area contributed by atoms with E-state index < -0.39 is 0 Å². The number of unbranched alkanes of at least 4 members (excludes halogenated alkanes) is 2. The molecule has 0 amide bonds. The Bertz CT molecular complexity index is 775. The molecule has 28 heavy (non-hydrogen) atoms. The van der Waals surface area contributed by atoms with Crippen LogP contribution in [0.15, 0.2) is 54.6 Å². The fraction of sp³-hybridized carbons (Fsp3) is 0.429. The number of allylic oxidation sites excluding steroid dienone is 1. The average molecular weight is 371 g/mol. The second-order valence-electron chi connectivity index (χ2n) is 8.16. The molecule has 0 aromatic heterocycles. The molecule has 0 heteroatoms. The third-order valence-electron chi connectivity index (χ3n) is 5.82. The Balaban J connectivity index is 1.50. The Morgan fingerprint density at radius 3 is 2.14 bits per heavy atom. The highest BCUT2D eigenvalue weighted by Crippen LogP contribution is 2.27. The molecule has 0 N–H and O–H groups in total. The third-order valence-corrected chi connectivity index (χ3v) is 5.82. The Morgan fingerprint density at radius 2 is 1.50 bits per heavy atom. The first kappa shape index (κ1) is 20.5. The van der Waals surface area contributed by atoms with E-state index in [0.717, 1.165) is 23.5 Å². The maximum atomic E-state index is 3.30. The zero-order valence-corrected chi connectivity index (χ0v) is 17.4. The SMILES string of the molecule is CCCC/C=C/c1ccc(C#Cc2ccc(CCC3CCCCC3)cc2)cc1. The second-order valence-corrected chi connectivity index (χ2v) is 8.16. The van der Waals surface area contributed by atoms with Crippen molar-refractivity contribution in [2.75, 3.05) is 0 Å². The molecule has 0 atom stereocenters. The summed E-state index contributed by atoms with van der Waals surface area (Å²) in [5, 5.41) is 0. The molecule has 146 valence electrons. The van der Waals surface area contributed by atoms with Crippen molar-refractivity contribution in [3.63, 3.8) is 0 Å². The van der Waals surface area contributed by atoms with Crippen molar-refractivity contribution in [1.29, 1.82) is 0 Å². The molecule has 1 aliphatic rings. The van der Waals surface area contributed by atoms with Gasteiger partial charge in [-0.25, -0.2) is 0 Å². The number of aryl methyl sites for hydroxylation is 1. The number of hydrogen-bond donors (Lipinski definition) is 0. The van der Waals surface area contributed by atoms with Crippen LogP contribution in [0, 0.1) is 17.8 Å². The van der Waals surface area contributed by atoms with Gasteiger partial charge in [0.25, 0.3) is 0 Å². The topological polar surface area (TPSA) is 0 Å². The normalized spacial score (nSPS) is 14.8. The molecule has 0 unspecified atom stereocenters. The van der Waals surface area contributed by atoms with E-state index >= 15 is 0 Å². The Labute approximate surface area is 172 Å². The largest absolute Gasteiger partial charge is 0.0839 e. The maximum absolute atomic E-state index is 3.30. The molecule has 0 heterocycles. The van der Waals surface area contributed by atoms with Crippen LogP contribution < -0.4 is 0 Å². The van der Waals surface area contributed by atoms with Crippen molar-refractivity contribution in [3.8, 4) is 11.8 Å². The molecular weight excluding hydrogens is 336 g/mol. The zero-order chi connectivity index (χ0) is 19.4. The van der Waals surface area contributed by atoms with Gasteiger partial charge >= 0.3 is 0 Å². The van der Waals surface area contributed by atoms with Crippen LogP contribution in [0.1, 0.15) is 87.0 Å². The average Bonchev–Trinajstić information content (AvgIpc) is 2.76. The van der Waals surface area contributed by atoms with E-state index in [2.05, 4.69) is 79.4 Å². The number of benzene rings is 2. The molecule has 1 aliphatic carbocycles. The van der Waals surface area contributed by atoms with Crippen LogP contribution in [0.2, 0.25) is 0 Å². The van der Waals surface area contributed by atoms with Gasteiger partial charge in [-0.1, -0.05) is 100 Å². The Hall–Kier alpha value is -2.26. The van der Waals surface area contributed by atoms with Gasteiger partial charge in [0.2, 0.25) is 0 Å². The van der Waals surface area contributed by atoms with Crippen LogP contribution >= 0.6 is 0 Å². The summed E-state index contributed by atoms with van der Waals surface area (Å²) in [6, 6.07) is 17.4. The highest BCUT2D eigenvalue weighted by Gasteiger charge is 2.12. The quantitative estimate of drug-likeness (QED) is 0.344. The highest BCUT2D eigenvalue weighted by molar-refractivity contribution is 5.52. The van der Waals surface area contributed by atoms with Crippen LogP contribution in [0.25, 0.3) is 6.08 Å². The van der Waals surface area contributed by atoms with Gasteiger partial charge in [0.1, 0.15) is 0 Å². The van der Waals surface area contributed by atoms with Crippen LogP contribution in [-0.2, 0) is 6.42 Å². The Morgan fingerprint density at radius 1 is 0.857 bits per heavy atom. The van der Waals surface area contributed by atoms with Crippen LogP contribution in [-0.4, -0.2) is 0 Å². The molecule has 1 saturated carbocycles. The summed E-state index contributed by atoms with van der Waals surface area (Å²) >= 11 is 0.